The van der Waals surface area contributed by atoms with E-state index in [1.54, 1.807) is 0 Å². The highest BCUT2D eigenvalue weighted by molar-refractivity contribution is 5.15. The van der Waals surface area contributed by atoms with E-state index in [0.29, 0.717) is 12.5 Å². The van der Waals surface area contributed by atoms with Crippen LogP contribution in [0.5, 0.6) is 0 Å². The van der Waals surface area contributed by atoms with Crippen molar-refractivity contribution in [3.63, 3.8) is 0 Å². The van der Waals surface area contributed by atoms with Crippen molar-refractivity contribution in [3.8, 4) is 0 Å². The molecule has 1 heterocycles. The Morgan fingerprint density at radius 3 is 2.58 bits per heavy atom. The topological polar surface area (TPSA) is 3.24 Å². The molecule has 0 saturated heterocycles. The Labute approximate surface area is 74.3 Å². The van der Waals surface area contributed by atoms with Crippen LogP contribution in [0.2, 0.25) is 0 Å². The third kappa shape index (κ3) is 2.07. The first-order valence-corrected chi connectivity index (χ1v) is 4.75. The summed E-state index contributed by atoms with van der Waals surface area (Å²) < 4.78 is 13.4. The van der Waals surface area contributed by atoms with Gasteiger partial charge in [0, 0.05) is 6.54 Å². The molecular formula is C10H18FN. The number of nitrogens with zero attached hydrogens (tertiary/aromatic N) is 1. The van der Waals surface area contributed by atoms with E-state index >= 15 is 0 Å². The maximum Gasteiger partial charge on any atom is 0.113 e. The van der Waals surface area contributed by atoms with Gasteiger partial charge in [-0.25, -0.2) is 4.39 Å². The summed E-state index contributed by atoms with van der Waals surface area (Å²) >= 11 is 0. The summed E-state index contributed by atoms with van der Waals surface area (Å²) in [7, 11) is 0. The van der Waals surface area contributed by atoms with Gasteiger partial charge in [-0.2, -0.15) is 0 Å². The minimum Gasteiger partial charge on any atom is -0.297 e. The summed E-state index contributed by atoms with van der Waals surface area (Å²) in [5.74, 6) is 0.488. The van der Waals surface area contributed by atoms with E-state index < -0.39 is 0 Å². The van der Waals surface area contributed by atoms with Gasteiger partial charge in [-0.05, 0) is 24.5 Å². The lowest BCUT2D eigenvalue weighted by Crippen LogP contribution is -2.31. The molecule has 0 radical (unpaired) electrons. The van der Waals surface area contributed by atoms with Crippen molar-refractivity contribution in [2.75, 3.05) is 19.6 Å². The summed E-state index contributed by atoms with van der Waals surface area (Å²) in [6.07, 6.45) is 0.914. The van der Waals surface area contributed by atoms with Crippen molar-refractivity contribution < 1.29 is 4.39 Å². The molecule has 0 spiro atoms. The molecule has 0 unspecified atom stereocenters. The highest BCUT2D eigenvalue weighted by atomic mass is 19.1. The second-order valence-electron chi connectivity index (χ2n) is 3.70. The van der Waals surface area contributed by atoms with E-state index in [-0.39, 0.29) is 5.83 Å². The Hall–Kier alpha value is -0.370. The van der Waals surface area contributed by atoms with Gasteiger partial charge in [0.25, 0.3) is 0 Å². The molecule has 1 aliphatic heterocycles. The second kappa shape index (κ2) is 4.04. The lowest BCUT2D eigenvalue weighted by molar-refractivity contribution is 0.266. The lowest BCUT2D eigenvalue weighted by atomic mass is 9.96. The fraction of sp³-hybridized carbons (Fsp3) is 0.800. The third-order valence-corrected chi connectivity index (χ3v) is 2.55. The Balaban J connectivity index is 2.64. The Bertz CT molecular complexity index is 184. The Morgan fingerprint density at radius 1 is 1.50 bits per heavy atom. The molecule has 1 nitrogen and oxygen atoms in total. The van der Waals surface area contributed by atoms with Crippen molar-refractivity contribution in [2.24, 2.45) is 5.92 Å². The Kier molecular flexibility index (Phi) is 3.27. The summed E-state index contributed by atoms with van der Waals surface area (Å²) in [6, 6.07) is 0. The van der Waals surface area contributed by atoms with Crippen LogP contribution in [0.25, 0.3) is 0 Å². The molecule has 1 rings (SSSR count). The normalized spacial score (nSPS) is 20.8. The summed E-state index contributed by atoms with van der Waals surface area (Å²) in [5, 5.41) is 0. The molecule has 0 saturated carbocycles. The van der Waals surface area contributed by atoms with Gasteiger partial charge in [0.15, 0.2) is 0 Å². The van der Waals surface area contributed by atoms with E-state index in [4.69, 9.17) is 0 Å². The van der Waals surface area contributed by atoms with Crippen molar-refractivity contribution in [2.45, 2.75) is 27.2 Å². The largest absolute Gasteiger partial charge is 0.297 e. The first-order chi connectivity index (χ1) is 5.65. The van der Waals surface area contributed by atoms with Gasteiger partial charge >= 0.3 is 0 Å². The first kappa shape index (κ1) is 9.72. The maximum atomic E-state index is 13.4. The summed E-state index contributed by atoms with van der Waals surface area (Å²) in [6.45, 7) is 8.72. The smallest absolute Gasteiger partial charge is 0.113 e. The molecule has 0 aromatic carbocycles. The van der Waals surface area contributed by atoms with Gasteiger partial charge in [0.2, 0.25) is 0 Å². The zero-order valence-electron chi connectivity index (χ0n) is 8.23. The molecule has 0 atom stereocenters. The predicted octanol–water partition coefficient (Wildman–Crippen LogP) is 2.59. The van der Waals surface area contributed by atoms with Crippen LogP contribution < -0.4 is 0 Å². The number of halogens is 1. The van der Waals surface area contributed by atoms with Crippen molar-refractivity contribution >= 4 is 0 Å². The first-order valence-electron chi connectivity index (χ1n) is 4.75. The van der Waals surface area contributed by atoms with Gasteiger partial charge < -0.3 is 0 Å². The van der Waals surface area contributed by atoms with E-state index in [1.807, 2.05) is 0 Å². The monoisotopic (exact) mass is 171 g/mol. The fourth-order valence-corrected chi connectivity index (χ4v) is 1.66. The average Bonchev–Trinajstić information content (AvgIpc) is 2.03. The van der Waals surface area contributed by atoms with Crippen LogP contribution in [0, 0.1) is 5.92 Å². The van der Waals surface area contributed by atoms with Gasteiger partial charge in [0.05, 0.1) is 6.54 Å². The van der Waals surface area contributed by atoms with Gasteiger partial charge in [-0.15, -0.1) is 0 Å². The quantitative estimate of drug-likeness (QED) is 0.617. The van der Waals surface area contributed by atoms with Crippen LogP contribution >= 0.6 is 0 Å². The number of likely N-dealkylation sites (N-methyl/N-ethyl adjacent to an activating group) is 1. The second-order valence-corrected chi connectivity index (χ2v) is 3.70. The van der Waals surface area contributed by atoms with Crippen molar-refractivity contribution in [1.29, 1.82) is 0 Å². The average molecular weight is 171 g/mol. The highest BCUT2D eigenvalue weighted by Crippen LogP contribution is 2.24. The predicted molar refractivity (Wildman–Crippen MR) is 49.7 cm³/mol. The summed E-state index contributed by atoms with van der Waals surface area (Å²) in [5.41, 5.74) is 1.03. The SMILES string of the molecule is CCN1CCC(C(C)C)=C(F)C1. The molecule has 2 heteroatoms. The molecule has 0 amide bonds. The van der Waals surface area contributed by atoms with Crippen LogP contribution in [0.1, 0.15) is 27.2 Å². The van der Waals surface area contributed by atoms with E-state index in [0.717, 1.165) is 25.1 Å². The van der Waals surface area contributed by atoms with Crippen LogP contribution in [0.4, 0.5) is 4.39 Å². The zero-order valence-corrected chi connectivity index (χ0v) is 8.23. The summed E-state index contributed by atoms with van der Waals surface area (Å²) in [4.78, 5) is 2.14. The Morgan fingerprint density at radius 2 is 2.17 bits per heavy atom. The minimum atomic E-state index is 0.109. The zero-order chi connectivity index (χ0) is 9.14. The van der Waals surface area contributed by atoms with Gasteiger partial charge in [-0.1, -0.05) is 20.8 Å². The molecule has 1 aliphatic rings. The van der Waals surface area contributed by atoms with E-state index in [2.05, 4.69) is 25.7 Å². The molecular weight excluding hydrogens is 153 g/mol. The molecule has 12 heavy (non-hydrogen) atoms. The fourth-order valence-electron chi connectivity index (χ4n) is 1.66. The van der Waals surface area contributed by atoms with Crippen LogP contribution in [-0.2, 0) is 0 Å². The number of hydrogen-bond donors (Lipinski definition) is 0. The molecule has 0 N–H and O–H groups in total. The van der Waals surface area contributed by atoms with Gasteiger partial charge in [0.1, 0.15) is 5.83 Å². The molecule has 0 fully saturated rings. The van der Waals surface area contributed by atoms with E-state index in [9.17, 15) is 4.39 Å². The number of hydrogen-bond acceptors (Lipinski definition) is 1. The molecule has 0 aromatic rings. The third-order valence-electron chi connectivity index (χ3n) is 2.55. The lowest BCUT2D eigenvalue weighted by Gasteiger charge is -2.27. The number of rotatable bonds is 2. The van der Waals surface area contributed by atoms with Gasteiger partial charge in [-0.3, -0.25) is 4.90 Å². The standard InChI is InChI=1S/C10H18FN/c1-4-12-6-5-9(8(2)3)10(11)7-12/h8H,4-7H2,1-3H3. The van der Waals surface area contributed by atoms with Crippen molar-refractivity contribution in [1.82, 2.24) is 4.90 Å². The van der Waals surface area contributed by atoms with Crippen molar-refractivity contribution in [3.05, 3.63) is 11.4 Å². The van der Waals surface area contributed by atoms with Crippen LogP contribution in [0.3, 0.4) is 0 Å². The van der Waals surface area contributed by atoms with E-state index in [1.165, 1.54) is 0 Å². The maximum absolute atomic E-state index is 13.4. The van der Waals surface area contributed by atoms with Crippen LogP contribution in [0.15, 0.2) is 11.4 Å². The highest BCUT2D eigenvalue weighted by Gasteiger charge is 2.19. The molecule has 0 aromatic heterocycles. The minimum absolute atomic E-state index is 0.109. The molecule has 0 bridgehead atoms. The van der Waals surface area contributed by atoms with Crippen LogP contribution in [-0.4, -0.2) is 24.5 Å². The molecule has 0 aliphatic carbocycles. The molecule has 70 valence electrons.